The van der Waals surface area contributed by atoms with Gasteiger partial charge in [-0.1, -0.05) is 58.0 Å². The molecule has 0 spiro atoms. The molecule has 0 radical (unpaired) electrons. The molecule has 0 heterocycles. The largest absolute Gasteiger partial charge is 0.478 e. The molecule has 0 fully saturated rings. The molecule has 4 nitrogen and oxygen atoms in total. The standard InChI is InChI=1S/C27H28O4/c1-16(28)31-24-15-20(25(29)30)12-19-7-6-17(13-21(19)24)18-8-9-22-23(14-18)27(4,5)11-10-26(22,2)3/h6-9,12-15H,10-11H2,1-5H3,(H,29,30). The van der Waals surface area contributed by atoms with Crippen molar-refractivity contribution in [2.45, 2.75) is 58.3 Å². The summed E-state index contributed by atoms with van der Waals surface area (Å²) in [7, 11) is 0. The second kappa shape index (κ2) is 7.23. The van der Waals surface area contributed by atoms with E-state index in [0.29, 0.717) is 0 Å². The Bertz CT molecular complexity index is 1220. The van der Waals surface area contributed by atoms with Gasteiger partial charge in [-0.2, -0.15) is 0 Å². The molecule has 3 aromatic carbocycles. The Morgan fingerprint density at radius 2 is 1.45 bits per heavy atom. The molecule has 0 saturated heterocycles. The summed E-state index contributed by atoms with van der Waals surface area (Å²) in [4.78, 5) is 23.1. The van der Waals surface area contributed by atoms with Crippen molar-refractivity contribution < 1.29 is 19.4 Å². The maximum atomic E-state index is 11.6. The van der Waals surface area contributed by atoms with Crippen LogP contribution < -0.4 is 4.74 Å². The molecule has 0 amide bonds. The van der Waals surface area contributed by atoms with Gasteiger partial charge in [0.15, 0.2) is 0 Å². The zero-order valence-corrected chi connectivity index (χ0v) is 18.7. The van der Waals surface area contributed by atoms with Gasteiger partial charge in [-0.05, 0) is 69.5 Å². The van der Waals surface area contributed by atoms with Crippen LogP contribution in [0.15, 0.2) is 48.5 Å². The summed E-state index contributed by atoms with van der Waals surface area (Å²) in [6.07, 6.45) is 2.31. The lowest BCUT2D eigenvalue weighted by atomic mass is 9.63. The first-order chi connectivity index (χ1) is 14.5. The summed E-state index contributed by atoms with van der Waals surface area (Å²) < 4.78 is 5.36. The number of aromatic carboxylic acids is 1. The first kappa shape index (κ1) is 21.1. The van der Waals surface area contributed by atoms with Gasteiger partial charge in [0, 0.05) is 12.3 Å². The third-order valence-electron chi connectivity index (χ3n) is 6.60. The Morgan fingerprint density at radius 1 is 0.839 bits per heavy atom. The van der Waals surface area contributed by atoms with Gasteiger partial charge in [0.1, 0.15) is 5.75 Å². The lowest BCUT2D eigenvalue weighted by Crippen LogP contribution is -2.33. The van der Waals surface area contributed by atoms with Crippen molar-refractivity contribution in [3.05, 3.63) is 65.2 Å². The topological polar surface area (TPSA) is 63.6 Å². The van der Waals surface area contributed by atoms with Crippen molar-refractivity contribution >= 4 is 22.7 Å². The van der Waals surface area contributed by atoms with E-state index >= 15 is 0 Å². The molecule has 4 rings (SSSR count). The van der Waals surface area contributed by atoms with Crippen LogP contribution in [0, 0.1) is 0 Å². The van der Waals surface area contributed by atoms with Crippen LogP contribution in [0.4, 0.5) is 0 Å². The van der Waals surface area contributed by atoms with Crippen LogP contribution in [0.25, 0.3) is 21.9 Å². The molecule has 160 valence electrons. The predicted octanol–water partition coefficient (Wildman–Crippen LogP) is 6.48. The molecule has 3 aromatic rings. The molecule has 4 heteroatoms. The number of benzene rings is 3. The molecule has 1 aliphatic rings. The zero-order valence-electron chi connectivity index (χ0n) is 18.7. The molecule has 31 heavy (non-hydrogen) atoms. The quantitative estimate of drug-likeness (QED) is 0.392. The third-order valence-corrected chi connectivity index (χ3v) is 6.60. The Labute approximate surface area is 182 Å². The number of ether oxygens (including phenoxy) is 1. The zero-order chi connectivity index (χ0) is 22.6. The van der Waals surface area contributed by atoms with Gasteiger partial charge in [-0.3, -0.25) is 4.79 Å². The molecule has 0 aromatic heterocycles. The minimum atomic E-state index is -1.06. The van der Waals surface area contributed by atoms with Crippen molar-refractivity contribution in [1.82, 2.24) is 0 Å². The monoisotopic (exact) mass is 416 g/mol. The lowest BCUT2D eigenvalue weighted by molar-refractivity contribution is -0.131. The Balaban J connectivity index is 1.88. The molecule has 0 unspecified atom stereocenters. The second-order valence-electron chi connectivity index (χ2n) is 9.84. The van der Waals surface area contributed by atoms with Crippen LogP contribution in [-0.2, 0) is 15.6 Å². The first-order valence-electron chi connectivity index (χ1n) is 10.6. The summed E-state index contributed by atoms with van der Waals surface area (Å²) in [5.41, 5.74) is 5.24. The van der Waals surface area contributed by atoms with E-state index in [4.69, 9.17) is 4.74 Å². The van der Waals surface area contributed by atoms with Crippen LogP contribution >= 0.6 is 0 Å². The minimum absolute atomic E-state index is 0.0919. The highest BCUT2D eigenvalue weighted by molar-refractivity contribution is 6.00. The smallest absolute Gasteiger partial charge is 0.335 e. The number of carbonyl (C=O) groups is 2. The summed E-state index contributed by atoms with van der Waals surface area (Å²) in [6.45, 7) is 10.5. The van der Waals surface area contributed by atoms with Gasteiger partial charge in [-0.15, -0.1) is 0 Å². The fraction of sp³-hybridized carbons (Fsp3) is 0.333. The number of rotatable bonds is 3. The fourth-order valence-corrected chi connectivity index (χ4v) is 4.63. The number of carbonyl (C=O) groups excluding carboxylic acids is 1. The SMILES string of the molecule is CC(=O)Oc1cc(C(=O)O)cc2ccc(-c3ccc4c(c3)C(C)(C)CCC4(C)C)cc12. The molecular formula is C27H28O4. The van der Waals surface area contributed by atoms with E-state index in [9.17, 15) is 14.7 Å². The van der Waals surface area contributed by atoms with Gasteiger partial charge < -0.3 is 9.84 Å². The maximum Gasteiger partial charge on any atom is 0.335 e. The number of esters is 1. The molecule has 1 aliphatic carbocycles. The highest BCUT2D eigenvalue weighted by atomic mass is 16.5. The highest BCUT2D eigenvalue weighted by Crippen LogP contribution is 2.47. The van der Waals surface area contributed by atoms with Gasteiger partial charge in [-0.25, -0.2) is 4.79 Å². The van der Waals surface area contributed by atoms with Crippen LogP contribution in [0.2, 0.25) is 0 Å². The molecule has 0 aliphatic heterocycles. The molecule has 0 bridgehead atoms. The summed E-state index contributed by atoms with van der Waals surface area (Å²) in [5, 5.41) is 10.8. The van der Waals surface area contributed by atoms with Crippen molar-refractivity contribution in [3.63, 3.8) is 0 Å². The van der Waals surface area contributed by atoms with Crippen LogP contribution in [0.5, 0.6) is 5.75 Å². The van der Waals surface area contributed by atoms with Crippen molar-refractivity contribution in [3.8, 4) is 16.9 Å². The molecule has 0 saturated carbocycles. The van der Waals surface area contributed by atoms with E-state index in [1.54, 1.807) is 6.07 Å². The van der Waals surface area contributed by atoms with E-state index in [1.165, 1.54) is 30.5 Å². The summed E-state index contributed by atoms with van der Waals surface area (Å²) in [5.74, 6) is -1.27. The van der Waals surface area contributed by atoms with Crippen LogP contribution in [0.3, 0.4) is 0 Å². The van der Waals surface area contributed by atoms with Gasteiger partial charge in [0.05, 0.1) is 5.56 Å². The van der Waals surface area contributed by atoms with Crippen molar-refractivity contribution in [1.29, 1.82) is 0 Å². The molecule has 0 atom stereocenters. The van der Waals surface area contributed by atoms with E-state index in [2.05, 4.69) is 45.9 Å². The average molecular weight is 417 g/mol. The van der Waals surface area contributed by atoms with E-state index < -0.39 is 11.9 Å². The Kier molecular flexibility index (Phi) is 4.92. The normalized spacial score (nSPS) is 16.5. The number of carboxylic acids is 1. The molecule has 1 N–H and O–H groups in total. The minimum Gasteiger partial charge on any atom is -0.478 e. The van der Waals surface area contributed by atoms with Gasteiger partial charge in [0.25, 0.3) is 0 Å². The van der Waals surface area contributed by atoms with E-state index in [1.807, 2.05) is 18.2 Å². The maximum absolute atomic E-state index is 11.6. The third kappa shape index (κ3) is 3.83. The van der Waals surface area contributed by atoms with Crippen molar-refractivity contribution in [2.24, 2.45) is 0 Å². The first-order valence-corrected chi connectivity index (χ1v) is 10.6. The van der Waals surface area contributed by atoms with Gasteiger partial charge in [0.2, 0.25) is 0 Å². The predicted molar refractivity (Wildman–Crippen MR) is 123 cm³/mol. The Morgan fingerprint density at radius 3 is 2.10 bits per heavy atom. The number of fused-ring (bicyclic) bond motifs is 2. The fourth-order valence-electron chi connectivity index (χ4n) is 4.63. The van der Waals surface area contributed by atoms with Crippen LogP contribution in [-0.4, -0.2) is 17.0 Å². The second-order valence-corrected chi connectivity index (χ2v) is 9.84. The summed E-state index contributed by atoms with van der Waals surface area (Å²) >= 11 is 0. The van der Waals surface area contributed by atoms with Crippen LogP contribution in [0.1, 0.15) is 68.9 Å². The summed E-state index contributed by atoms with van der Waals surface area (Å²) in [6, 6.07) is 15.6. The average Bonchev–Trinajstić information content (AvgIpc) is 2.70. The number of carboxylic acid groups (broad SMARTS) is 1. The van der Waals surface area contributed by atoms with Gasteiger partial charge >= 0.3 is 11.9 Å². The lowest BCUT2D eigenvalue weighted by Gasteiger charge is -2.42. The number of hydrogen-bond acceptors (Lipinski definition) is 3. The number of hydrogen-bond donors (Lipinski definition) is 1. The molecular weight excluding hydrogens is 388 g/mol. The van der Waals surface area contributed by atoms with Crippen molar-refractivity contribution in [2.75, 3.05) is 0 Å². The Hall–Kier alpha value is -3.14. The van der Waals surface area contributed by atoms with E-state index in [0.717, 1.165) is 28.3 Å². The van der Waals surface area contributed by atoms with E-state index in [-0.39, 0.29) is 22.1 Å². The highest BCUT2D eigenvalue weighted by Gasteiger charge is 2.37.